The second-order valence-corrected chi connectivity index (χ2v) is 10.1. The highest BCUT2D eigenvalue weighted by molar-refractivity contribution is 7.90. The van der Waals surface area contributed by atoms with Crippen LogP contribution in [0.5, 0.6) is 5.75 Å². The van der Waals surface area contributed by atoms with Crippen molar-refractivity contribution in [2.24, 2.45) is 0 Å². The summed E-state index contributed by atoms with van der Waals surface area (Å²) >= 11 is 0. The highest BCUT2D eigenvalue weighted by atomic mass is 32.2. The van der Waals surface area contributed by atoms with E-state index >= 15 is 0 Å². The summed E-state index contributed by atoms with van der Waals surface area (Å²) in [4.78, 5) is 24.8. The molecular formula is C28H32N2O5S. The van der Waals surface area contributed by atoms with Gasteiger partial charge >= 0.3 is 0 Å². The van der Waals surface area contributed by atoms with Crippen molar-refractivity contribution in [3.63, 3.8) is 0 Å². The first kappa shape index (κ1) is 26.9. The number of carbonyl (C=O) groups excluding carboxylic acids is 2. The average molecular weight is 509 g/mol. The quantitative estimate of drug-likeness (QED) is 0.289. The Morgan fingerprint density at radius 3 is 2.19 bits per heavy atom. The van der Waals surface area contributed by atoms with Gasteiger partial charge in [-0.2, -0.15) is 0 Å². The summed E-state index contributed by atoms with van der Waals surface area (Å²) in [5, 5.41) is 2.64. The van der Waals surface area contributed by atoms with Crippen LogP contribution in [-0.4, -0.2) is 20.2 Å². The van der Waals surface area contributed by atoms with Crippen LogP contribution < -0.4 is 14.8 Å². The zero-order chi connectivity index (χ0) is 25.8. The van der Waals surface area contributed by atoms with Crippen LogP contribution in [-0.2, 0) is 21.4 Å². The zero-order valence-electron chi connectivity index (χ0n) is 20.4. The molecule has 0 aliphatic heterocycles. The maximum absolute atomic E-state index is 12.9. The third-order valence-corrected chi connectivity index (χ3v) is 6.98. The first-order chi connectivity index (χ1) is 17.4. The molecule has 190 valence electrons. The average Bonchev–Trinajstić information content (AvgIpc) is 2.88. The third kappa shape index (κ3) is 8.23. The Labute approximate surface area is 212 Å². The molecule has 0 saturated heterocycles. The maximum Gasteiger partial charge on any atom is 0.266 e. The molecule has 3 aromatic carbocycles. The minimum Gasteiger partial charge on any atom is -0.489 e. The van der Waals surface area contributed by atoms with Gasteiger partial charge in [0.1, 0.15) is 17.3 Å². The zero-order valence-corrected chi connectivity index (χ0v) is 21.2. The van der Waals surface area contributed by atoms with E-state index in [9.17, 15) is 18.0 Å². The van der Waals surface area contributed by atoms with Gasteiger partial charge in [-0.25, -0.2) is 13.1 Å². The lowest BCUT2D eigenvalue weighted by Crippen LogP contribution is -2.31. The van der Waals surface area contributed by atoms with Crippen molar-refractivity contribution in [2.45, 2.75) is 57.0 Å². The number of sulfonamides is 1. The number of rotatable bonds is 13. The van der Waals surface area contributed by atoms with Gasteiger partial charge < -0.3 is 10.1 Å². The molecule has 0 heterocycles. The molecule has 8 heteroatoms. The highest BCUT2D eigenvalue weighted by Gasteiger charge is 2.22. The molecular weight excluding hydrogens is 476 g/mol. The van der Waals surface area contributed by atoms with Gasteiger partial charge in [-0.1, -0.05) is 75.1 Å². The smallest absolute Gasteiger partial charge is 0.266 e. The van der Waals surface area contributed by atoms with Gasteiger partial charge in [0.25, 0.3) is 15.9 Å². The Bertz CT molecular complexity index is 1240. The summed E-state index contributed by atoms with van der Waals surface area (Å²) in [7, 11) is -4.14. The van der Waals surface area contributed by atoms with E-state index in [0.29, 0.717) is 24.3 Å². The summed E-state index contributed by atoms with van der Waals surface area (Å²) < 4.78 is 33.6. The van der Waals surface area contributed by atoms with Crippen molar-refractivity contribution < 1.29 is 22.7 Å². The van der Waals surface area contributed by atoms with Gasteiger partial charge in [0.05, 0.1) is 5.69 Å². The normalized spacial score (nSPS) is 11.0. The number of nitrogens with one attached hydrogen (secondary N) is 2. The van der Waals surface area contributed by atoms with Gasteiger partial charge in [0.15, 0.2) is 0 Å². The molecule has 0 fully saturated rings. The van der Waals surface area contributed by atoms with E-state index in [2.05, 4.69) is 17.0 Å². The summed E-state index contributed by atoms with van der Waals surface area (Å²) in [6, 6.07) is 22.3. The number of carbonyl (C=O) groups is 2. The van der Waals surface area contributed by atoms with Crippen LogP contribution in [0.4, 0.5) is 5.69 Å². The lowest BCUT2D eigenvalue weighted by molar-refractivity contribution is -0.119. The number of unbranched alkanes of at least 4 members (excludes halogenated alkanes) is 4. The largest absolute Gasteiger partial charge is 0.489 e. The van der Waals surface area contributed by atoms with Crippen molar-refractivity contribution in [2.75, 3.05) is 5.32 Å². The van der Waals surface area contributed by atoms with Crippen molar-refractivity contribution >= 4 is 27.5 Å². The van der Waals surface area contributed by atoms with Crippen LogP contribution >= 0.6 is 0 Å². The number of ether oxygens (including phenoxy) is 1. The van der Waals surface area contributed by atoms with Gasteiger partial charge in [0.2, 0.25) is 5.91 Å². The fourth-order valence-corrected chi connectivity index (χ4v) is 4.77. The number of hydrogen-bond donors (Lipinski definition) is 2. The standard InChI is InChI=1S/C28H32N2O5S/c1-2-3-4-5-9-16-27(31)30-36(33,34)26-15-11-10-14-25(26)29-28(32)23-17-19-24(20-18-23)35-21-22-12-7-6-8-13-22/h6-8,10-15,17-20H,2-5,9,16,21H2,1H3,(H,29,32)(H,30,31). The summed E-state index contributed by atoms with van der Waals surface area (Å²) in [6.07, 6.45) is 4.85. The molecule has 0 saturated carbocycles. The van der Waals surface area contributed by atoms with Crippen LogP contribution in [0, 0.1) is 0 Å². The van der Waals surface area contributed by atoms with Gasteiger partial charge in [0, 0.05) is 12.0 Å². The first-order valence-electron chi connectivity index (χ1n) is 12.1. The number of benzene rings is 3. The van der Waals surface area contributed by atoms with Gasteiger partial charge in [-0.3, -0.25) is 9.59 Å². The van der Waals surface area contributed by atoms with E-state index < -0.39 is 21.8 Å². The topological polar surface area (TPSA) is 102 Å². The summed E-state index contributed by atoms with van der Waals surface area (Å²) in [5.74, 6) is -0.427. The summed E-state index contributed by atoms with van der Waals surface area (Å²) in [5.41, 5.74) is 1.46. The Balaban J connectivity index is 1.60. The molecule has 0 aliphatic carbocycles. The first-order valence-corrected chi connectivity index (χ1v) is 13.6. The molecule has 0 atom stereocenters. The highest BCUT2D eigenvalue weighted by Crippen LogP contribution is 2.22. The van der Waals surface area contributed by atoms with Crippen LogP contribution in [0.15, 0.2) is 83.8 Å². The molecule has 0 aromatic heterocycles. The lowest BCUT2D eigenvalue weighted by Gasteiger charge is -2.13. The predicted molar refractivity (Wildman–Crippen MR) is 140 cm³/mol. The van der Waals surface area contributed by atoms with Crippen LogP contribution in [0.1, 0.15) is 61.4 Å². The molecule has 0 bridgehead atoms. The van der Waals surface area contributed by atoms with E-state index in [1.54, 1.807) is 30.3 Å². The minimum atomic E-state index is -4.14. The SMILES string of the molecule is CCCCCCCC(=O)NS(=O)(=O)c1ccccc1NC(=O)c1ccc(OCc2ccccc2)cc1. The van der Waals surface area contributed by atoms with Crippen molar-refractivity contribution in [3.05, 3.63) is 90.0 Å². The molecule has 3 rings (SSSR count). The maximum atomic E-state index is 12.9. The van der Waals surface area contributed by atoms with Crippen molar-refractivity contribution in [1.29, 1.82) is 0 Å². The second-order valence-electron chi connectivity index (χ2n) is 8.44. The molecule has 0 radical (unpaired) electrons. The Morgan fingerprint density at radius 1 is 0.806 bits per heavy atom. The fraction of sp³-hybridized carbons (Fsp3) is 0.286. The molecule has 7 nitrogen and oxygen atoms in total. The van der Waals surface area contributed by atoms with E-state index in [1.807, 2.05) is 30.3 Å². The predicted octanol–water partition coefficient (Wildman–Crippen LogP) is 5.68. The number of hydrogen-bond acceptors (Lipinski definition) is 5. The molecule has 0 unspecified atom stereocenters. The van der Waals surface area contributed by atoms with Crippen molar-refractivity contribution in [1.82, 2.24) is 4.72 Å². The number of para-hydroxylation sites is 1. The van der Waals surface area contributed by atoms with Crippen LogP contribution in [0.25, 0.3) is 0 Å². The molecule has 3 aromatic rings. The lowest BCUT2D eigenvalue weighted by atomic mass is 10.1. The molecule has 36 heavy (non-hydrogen) atoms. The Hall–Kier alpha value is -3.65. The molecule has 2 amide bonds. The Kier molecular flexibility index (Phi) is 10.1. The molecule has 2 N–H and O–H groups in total. The third-order valence-electron chi connectivity index (χ3n) is 5.55. The fourth-order valence-electron chi connectivity index (χ4n) is 3.59. The summed E-state index contributed by atoms with van der Waals surface area (Å²) in [6.45, 7) is 2.51. The monoisotopic (exact) mass is 508 g/mol. The van der Waals surface area contributed by atoms with Crippen LogP contribution in [0.2, 0.25) is 0 Å². The Morgan fingerprint density at radius 2 is 1.47 bits per heavy atom. The molecule has 0 spiro atoms. The van der Waals surface area contributed by atoms with E-state index in [4.69, 9.17) is 4.74 Å². The van der Waals surface area contributed by atoms with Gasteiger partial charge in [-0.15, -0.1) is 0 Å². The minimum absolute atomic E-state index is 0.0927. The van der Waals surface area contributed by atoms with E-state index in [1.165, 1.54) is 18.2 Å². The number of anilines is 1. The van der Waals surface area contributed by atoms with E-state index in [-0.39, 0.29) is 17.0 Å². The second kappa shape index (κ2) is 13.4. The van der Waals surface area contributed by atoms with Crippen molar-refractivity contribution in [3.8, 4) is 5.75 Å². The number of amides is 2. The van der Waals surface area contributed by atoms with Gasteiger partial charge in [-0.05, 0) is 48.4 Å². The van der Waals surface area contributed by atoms with E-state index in [0.717, 1.165) is 31.2 Å². The molecule has 0 aliphatic rings. The van der Waals surface area contributed by atoms with Crippen LogP contribution in [0.3, 0.4) is 0 Å².